The Kier molecular flexibility index (Phi) is 5.87. The molecule has 1 aliphatic carbocycles. The van der Waals surface area contributed by atoms with Crippen LogP contribution in [0.25, 0.3) is 0 Å². The van der Waals surface area contributed by atoms with Gasteiger partial charge in [-0.15, -0.1) is 12.4 Å². The molecule has 2 N–H and O–H groups in total. The van der Waals surface area contributed by atoms with Crippen LogP contribution in [0.15, 0.2) is 0 Å². The first-order chi connectivity index (χ1) is 8.90. The van der Waals surface area contributed by atoms with Gasteiger partial charge in [0.05, 0.1) is 0 Å². The molecule has 2 atom stereocenters. The van der Waals surface area contributed by atoms with Gasteiger partial charge in [0.25, 0.3) is 0 Å². The van der Waals surface area contributed by atoms with Crippen molar-refractivity contribution in [3.05, 3.63) is 0 Å². The lowest BCUT2D eigenvalue weighted by atomic mass is 9.96. The summed E-state index contributed by atoms with van der Waals surface area (Å²) >= 11 is 0. The Morgan fingerprint density at radius 1 is 1.35 bits per heavy atom. The summed E-state index contributed by atoms with van der Waals surface area (Å²) in [4.78, 5) is 12.4. The van der Waals surface area contributed by atoms with E-state index in [-0.39, 0.29) is 24.4 Å². The molecule has 118 valence electrons. The van der Waals surface area contributed by atoms with Crippen LogP contribution < -0.4 is 10.6 Å². The van der Waals surface area contributed by atoms with E-state index in [2.05, 4.69) is 17.6 Å². The van der Waals surface area contributed by atoms with Crippen LogP contribution in [0.5, 0.6) is 0 Å². The molecule has 7 heteroatoms. The predicted octanol–water partition coefficient (Wildman–Crippen LogP) is 0.880. The monoisotopic (exact) mass is 324 g/mol. The third-order valence-corrected chi connectivity index (χ3v) is 6.45. The molecule has 1 saturated heterocycles. The summed E-state index contributed by atoms with van der Waals surface area (Å²) < 4.78 is 22.9. The van der Waals surface area contributed by atoms with Crippen LogP contribution in [-0.2, 0) is 14.6 Å². The molecule has 0 bridgehead atoms. The number of halogens is 1. The second-order valence-corrected chi connectivity index (χ2v) is 8.21. The minimum Gasteiger partial charge on any atom is -0.352 e. The number of piperidine rings is 1. The Bertz CT molecular complexity index is 447. The summed E-state index contributed by atoms with van der Waals surface area (Å²) in [7, 11) is -3.39. The fraction of sp³-hybridized carbons (Fsp3) is 0.923. The topological polar surface area (TPSA) is 75.3 Å². The van der Waals surface area contributed by atoms with Crippen molar-refractivity contribution in [3.8, 4) is 0 Å². The van der Waals surface area contributed by atoms with Crippen molar-refractivity contribution in [1.29, 1.82) is 0 Å². The van der Waals surface area contributed by atoms with Crippen LogP contribution in [-0.4, -0.2) is 44.5 Å². The van der Waals surface area contributed by atoms with E-state index in [4.69, 9.17) is 0 Å². The zero-order chi connectivity index (χ0) is 14.1. The molecule has 0 spiro atoms. The first-order valence-electron chi connectivity index (χ1n) is 7.12. The Labute approximate surface area is 127 Å². The number of carbonyl (C=O) groups is 1. The zero-order valence-corrected chi connectivity index (χ0v) is 13.8. The average Bonchev–Trinajstić information content (AvgIpc) is 3.07. The van der Waals surface area contributed by atoms with Crippen LogP contribution in [0.2, 0.25) is 0 Å². The van der Waals surface area contributed by atoms with Crippen LogP contribution >= 0.6 is 12.4 Å². The molecule has 1 aliphatic heterocycles. The molecule has 2 aliphatic rings. The Hall–Kier alpha value is -0.330. The molecule has 0 aromatic heterocycles. The SMILES string of the molecule is CCCC1CC1NC(=O)C1(S(C)(=O)=O)CCNCC1.Cl. The molecule has 0 aromatic rings. The Balaban J connectivity index is 0.00000200. The highest BCUT2D eigenvalue weighted by molar-refractivity contribution is 7.92. The van der Waals surface area contributed by atoms with E-state index in [0.29, 0.717) is 31.8 Å². The molecule has 2 rings (SSSR count). The van der Waals surface area contributed by atoms with Gasteiger partial charge in [-0.3, -0.25) is 4.79 Å². The Morgan fingerprint density at radius 2 is 1.95 bits per heavy atom. The second-order valence-electron chi connectivity index (χ2n) is 5.88. The third kappa shape index (κ3) is 3.46. The maximum atomic E-state index is 12.4. The van der Waals surface area contributed by atoms with Gasteiger partial charge in [-0.2, -0.15) is 0 Å². The molecule has 1 amide bonds. The van der Waals surface area contributed by atoms with Gasteiger partial charge in [-0.25, -0.2) is 8.42 Å². The number of carbonyl (C=O) groups excluding carboxylic acids is 1. The number of amides is 1. The largest absolute Gasteiger partial charge is 0.352 e. The molecule has 5 nitrogen and oxygen atoms in total. The molecule has 1 heterocycles. The van der Waals surface area contributed by atoms with Crippen LogP contribution in [0, 0.1) is 5.92 Å². The van der Waals surface area contributed by atoms with E-state index in [0.717, 1.165) is 19.3 Å². The fourth-order valence-electron chi connectivity index (χ4n) is 3.01. The van der Waals surface area contributed by atoms with E-state index in [1.165, 1.54) is 6.26 Å². The second kappa shape index (κ2) is 6.62. The lowest BCUT2D eigenvalue weighted by Gasteiger charge is -2.34. The van der Waals surface area contributed by atoms with Gasteiger partial charge in [0, 0.05) is 12.3 Å². The summed E-state index contributed by atoms with van der Waals surface area (Å²) in [5.74, 6) is 0.271. The van der Waals surface area contributed by atoms with Gasteiger partial charge >= 0.3 is 0 Å². The Morgan fingerprint density at radius 3 is 2.45 bits per heavy atom. The van der Waals surface area contributed by atoms with Gasteiger partial charge in [-0.05, 0) is 44.7 Å². The van der Waals surface area contributed by atoms with Crippen molar-refractivity contribution < 1.29 is 13.2 Å². The standard InChI is InChI=1S/C13H24N2O3S.ClH/c1-3-4-10-9-11(10)15-12(16)13(19(2,17)18)5-7-14-8-6-13;/h10-11,14H,3-9H2,1-2H3,(H,15,16);1H. The minimum absolute atomic E-state index is 0. The van der Waals surface area contributed by atoms with E-state index >= 15 is 0 Å². The molecule has 20 heavy (non-hydrogen) atoms. The molecule has 0 radical (unpaired) electrons. The van der Waals surface area contributed by atoms with E-state index in [9.17, 15) is 13.2 Å². The lowest BCUT2D eigenvalue weighted by Crippen LogP contribution is -2.57. The number of hydrogen-bond acceptors (Lipinski definition) is 4. The highest BCUT2D eigenvalue weighted by Crippen LogP contribution is 2.36. The zero-order valence-electron chi connectivity index (χ0n) is 12.1. The maximum Gasteiger partial charge on any atom is 0.241 e. The van der Waals surface area contributed by atoms with Crippen molar-refractivity contribution in [2.45, 2.75) is 49.8 Å². The van der Waals surface area contributed by atoms with Crippen molar-refractivity contribution in [3.63, 3.8) is 0 Å². The lowest BCUT2D eigenvalue weighted by molar-refractivity contribution is -0.124. The van der Waals surface area contributed by atoms with Crippen LogP contribution in [0.3, 0.4) is 0 Å². The molecule has 2 unspecified atom stereocenters. The fourth-order valence-corrected chi connectivity index (χ4v) is 4.35. The van der Waals surface area contributed by atoms with Crippen LogP contribution in [0.4, 0.5) is 0 Å². The first-order valence-corrected chi connectivity index (χ1v) is 9.01. The summed E-state index contributed by atoms with van der Waals surface area (Å²) in [5, 5.41) is 6.08. The van der Waals surface area contributed by atoms with E-state index < -0.39 is 14.6 Å². The summed E-state index contributed by atoms with van der Waals surface area (Å²) in [6, 6.07) is 0.195. The predicted molar refractivity (Wildman–Crippen MR) is 81.9 cm³/mol. The highest BCUT2D eigenvalue weighted by Gasteiger charge is 2.50. The third-order valence-electron chi connectivity index (χ3n) is 4.43. The van der Waals surface area contributed by atoms with Crippen molar-refractivity contribution in [2.24, 2.45) is 5.92 Å². The highest BCUT2D eigenvalue weighted by atomic mass is 35.5. The minimum atomic E-state index is -3.39. The first kappa shape index (κ1) is 17.7. The molecule has 0 aromatic carbocycles. The van der Waals surface area contributed by atoms with Crippen molar-refractivity contribution >= 4 is 28.2 Å². The smallest absolute Gasteiger partial charge is 0.241 e. The van der Waals surface area contributed by atoms with Gasteiger partial charge in [-0.1, -0.05) is 13.3 Å². The quantitative estimate of drug-likeness (QED) is 0.787. The number of sulfone groups is 1. The number of nitrogens with one attached hydrogen (secondary N) is 2. The molecular weight excluding hydrogens is 300 g/mol. The van der Waals surface area contributed by atoms with Crippen molar-refractivity contribution in [1.82, 2.24) is 10.6 Å². The van der Waals surface area contributed by atoms with E-state index in [1.807, 2.05) is 0 Å². The molecular formula is C13H25ClN2O3S. The molecule has 2 fully saturated rings. The van der Waals surface area contributed by atoms with Gasteiger partial charge in [0.1, 0.15) is 0 Å². The normalized spacial score (nSPS) is 28.3. The number of hydrogen-bond donors (Lipinski definition) is 2. The van der Waals surface area contributed by atoms with Gasteiger partial charge < -0.3 is 10.6 Å². The average molecular weight is 325 g/mol. The summed E-state index contributed by atoms with van der Waals surface area (Å²) in [6.07, 6.45) is 5.16. The van der Waals surface area contributed by atoms with Crippen LogP contribution in [0.1, 0.15) is 39.0 Å². The summed E-state index contributed by atoms with van der Waals surface area (Å²) in [6.45, 7) is 3.30. The van der Waals surface area contributed by atoms with E-state index in [1.54, 1.807) is 0 Å². The number of rotatable bonds is 5. The summed E-state index contributed by atoms with van der Waals surface area (Å²) in [5.41, 5.74) is 0. The van der Waals surface area contributed by atoms with Gasteiger partial charge in [0.15, 0.2) is 14.6 Å². The molecule has 1 saturated carbocycles. The van der Waals surface area contributed by atoms with Crippen molar-refractivity contribution in [2.75, 3.05) is 19.3 Å². The maximum absolute atomic E-state index is 12.4. The van der Waals surface area contributed by atoms with Gasteiger partial charge in [0.2, 0.25) is 5.91 Å².